The van der Waals surface area contributed by atoms with Crippen molar-refractivity contribution in [2.24, 2.45) is 5.73 Å². The molecule has 7 nitrogen and oxygen atoms in total. The second-order valence-electron chi connectivity index (χ2n) is 2.12. The van der Waals surface area contributed by atoms with Gasteiger partial charge in [-0.15, -0.1) is 5.10 Å². The van der Waals surface area contributed by atoms with Gasteiger partial charge in [0.15, 0.2) is 0 Å². The normalized spacial score (nSPS) is 9.62. The number of aromatic nitrogens is 3. The van der Waals surface area contributed by atoms with Gasteiger partial charge in [-0.25, -0.2) is 14.5 Å². The first-order valence-electron chi connectivity index (χ1n) is 3.22. The third kappa shape index (κ3) is 3.20. The van der Waals surface area contributed by atoms with Gasteiger partial charge < -0.3 is 5.73 Å². The summed E-state index contributed by atoms with van der Waals surface area (Å²) in [6.07, 6.45) is 1.35. The maximum atomic E-state index is 10.9. The monoisotopic (exact) mass is 247 g/mol. The predicted octanol–water partition coefficient (Wildman–Crippen LogP) is -0.765. The van der Waals surface area contributed by atoms with Crippen LogP contribution in [0, 0.1) is 0 Å². The van der Waals surface area contributed by atoms with Crippen LogP contribution in [-0.4, -0.2) is 26.7 Å². The highest BCUT2D eigenvalue weighted by Crippen LogP contribution is 1.97. The minimum atomic E-state index is -0.885. The van der Waals surface area contributed by atoms with Crippen LogP contribution in [0.4, 0.5) is 4.79 Å². The van der Waals surface area contributed by atoms with Gasteiger partial charge in [-0.2, -0.15) is 0 Å². The van der Waals surface area contributed by atoms with Gasteiger partial charge in [0.25, 0.3) is 0 Å². The van der Waals surface area contributed by atoms with Gasteiger partial charge in [-0.3, -0.25) is 10.1 Å². The summed E-state index contributed by atoms with van der Waals surface area (Å²) in [7, 11) is 0. The highest BCUT2D eigenvalue weighted by atomic mass is 79.9. The number of nitrogens with two attached hydrogens (primary N) is 1. The molecule has 0 aliphatic heterocycles. The number of hydrogen-bond acceptors (Lipinski definition) is 4. The lowest BCUT2D eigenvalue weighted by Crippen LogP contribution is -2.37. The summed E-state index contributed by atoms with van der Waals surface area (Å²) in [6, 6.07) is -0.885. The van der Waals surface area contributed by atoms with Gasteiger partial charge in [0, 0.05) is 0 Å². The highest BCUT2D eigenvalue weighted by Gasteiger charge is 2.05. The summed E-state index contributed by atoms with van der Waals surface area (Å²) < 4.78 is 1.64. The minimum Gasteiger partial charge on any atom is -0.351 e. The molecule has 3 amide bonds. The second-order valence-corrected chi connectivity index (χ2v) is 2.83. The lowest BCUT2D eigenvalue weighted by atomic mass is 10.6. The zero-order valence-electron chi connectivity index (χ0n) is 6.40. The van der Waals surface area contributed by atoms with Crippen molar-refractivity contribution in [3.63, 3.8) is 0 Å². The van der Waals surface area contributed by atoms with Gasteiger partial charge in [-0.1, -0.05) is 0 Å². The smallest absolute Gasteiger partial charge is 0.318 e. The summed E-state index contributed by atoms with van der Waals surface area (Å²) in [6.45, 7) is -0.0957. The Morgan fingerprint density at radius 1 is 1.69 bits per heavy atom. The topological polar surface area (TPSA) is 103 Å². The average molecular weight is 248 g/mol. The Kier molecular flexibility index (Phi) is 2.96. The molecule has 0 bridgehead atoms. The van der Waals surface area contributed by atoms with Crippen LogP contribution < -0.4 is 11.1 Å². The van der Waals surface area contributed by atoms with Crippen LogP contribution in [0.3, 0.4) is 0 Å². The number of urea groups is 1. The molecular formula is C5H6BrN5O2. The van der Waals surface area contributed by atoms with E-state index in [1.807, 2.05) is 5.32 Å². The van der Waals surface area contributed by atoms with E-state index in [1.54, 1.807) is 0 Å². The van der Waals surface area contributed by atoms with Crippen LogP contribution in [0.15, 0.2) is 11.1 Å². The maximum absolute atomic E-state index is 10.9. The van der Waals surface area contributed by atoms with Gasteiger partial charge in [0.1, 0.15) is 12.9 Å². The average Bonchev–Trinajstić information content (AvgIpc) is 2.33. The van der Waals surface area contributed by atoms with Crippen molar-refractivity contribution in [2.45, 2.75) is 6.54 Å². The van der Waals surface area contributed by atoms with Gasteiger partial charge in [0.05, 0.1) is 0 Å². The number of amides is 3. The molecule has 8 heteroatoms. The molecule has 0 aliphatic rings. The van der Waals surface area contributed by atoms with Crippen molar-refractivity contribution in [1.29, 1.82) is 0 Å². The first-order valence-corrected chi connectivity index (χ1v) is 4.01. The fourth-order valence-corrected chi connectivity index (χ4v) is 0.967. The molecule has 0 saturated carbocycles. The zero-order chi connectivity index (χ0) is 9.84. The number of carbonyl (C=O) groups is 2. The van der Waals surface area contributed by atoms with Crippen LogP contribution in [0.2, 0.25) is 0 Å². The largest absolute Gasteiger partial charge is 0.351 e. The Labute approximate surface area is 81.4 Å². The molecule has 1 aromatic rings. The SMILES string of the molecule is NC(=O)NC(=O)Cn1cnc(Br)n1. The molecular weight excluding hydrogens is 242 g/mol. The van der Waals surface area contributed by atoms with Gasteiger partial charge in [-0.05, 0) is 15.9 Å². The molecule has 3 N–H and O–H groups in total. The maximum Gasteiger partial charge on any atom is 0.318 e. The number of imide groups is 1. The molecule has 0 saturated heterocycles. The summed E-state index contributed by atoms with van der Waals surface area (Å²) >= 11 is 3.01. The van der Waals surface area contributed by atoms with Crippen molar-refractivity contribution >= 4 is 27.9 Å². The number of carbonyl (C=O) groups excluding carboxylic acids is 2. The van der Waals surface area contributed by atoms with E-state index in [4.69, 9.17) is 5.73 Å². The highest BCUT2D eigenvalue weighted by molar-refractivity contribution is 9.10. The standard InChI is InChI=1S/C5H6BrN5O2/c6-4-8-2-11(10-4)1-3(12)9-5(7)13/h2H,1H2,(H3,7,9,12,13). The van der Waals surface area contributed by atoms with Crippen LogP contribution in [-0.2, 0) is 11.3 Å². The minimum absolute atomic E-state index is 0.0957. The number of hydrogen-bond donors (Lipinski definition) is 2. The molecule has 0 fully saturated rings. The summed E-state index contributed by atoms with van der Waals surface area (Å²) in [5.74, 6) is -0.537. The van der Waals surface area contributed by atoms with E-state index in [1.165, 1.54) is 11.0 Å². The van der Waals surface area contributed by atoms with Crippen molar-refractivity contribution in [2.75, 3.05) is 0 Å². The third-order valence-electron chi connectivity index (χ3n) is 1.08. The molecule has 13 heavy (non-hydrogen) atoms. The Bertz CT molecular complexity index is 335. The molecule has 1 rings (SSSR count). The second kappa shape index (κ2) is 3.99. The first-order chi connectivity index (χ1) is 6.08. The lowest BCUT2D eigenvalue weighted by Gasteiger charge is -1.98. The molecule has 70 valence electrons. The van der Waals surface area contributed by atoms with Gasteiger partial charge >= 0.3 is 6.03 Å². The van der Waals surface area contributed by atoms with E-state index in [9.17, 15) is 9.59 Å². The number of nitrogens with zero attached hydrogens (tertiary/aromatic N) is 3. The number of primary amides is 1. The number of nitrogens with one attached hydrogen (secondary N) is 1. The predicted molar refractivity (Wildman–Crippen MR) is 45.4 cm³/mol. The van der Waals surface area contributed by atoms with Gasteiger partial charge in [0.2, 0.25) is 10.6 Å². The molecule has 0 aliphatic carbocycles. The Balaban J connectivity index is 2.50. The Morgan fingerprint density at radius 2 is 2.38 bits per heavy atom. The molecule has 0 spiro atoms. The van der Waals surface area contributed by atoms with Crippen LogP contribution in [0.5, 0.6) is 0 Å². The molecule has 1 heterocycles. The van der Waals surface area contributed by atoms with Crippen molar-refractivity contribution in [1.82, 2.24) is 20.1 Å². The molecule has 0 unspecified atom stereocenters. The van der Waals surface area contributed by atoms with Crippen molar-refractivity contribution in [3.05, 3.63) is 11.1 Å². The first kappa shape index (κ1) is 9.65. The van der Waals surface area contributed by atoms with E-state index < -0.39 is 11.9 Å². The summed E-state index contributed by atoms with van der Waals surface area (Å²) in [4.78, 5) is 24.9. The van der Waals surface area contributed by atoms with E-state index in [0.717, 1.165) is 0 Å². The fraction of sp³-hybridized carbons (Fsp3) is 0.200. The molecule has 1 aromatic heterocycles. The van der Waals surface area contributed by atoms with E-state index in [-0.39, 0.29) is 6.54 Å². The van der Waals surface area contributed by atoms with Crippen LogP contribution >= 0.6 is 15.9 Å². The van der Waals surface area contributed by atoms with Crippen molar-refractivity contribution < 1.29 is 9.59 Å². The van der Waals surface area contributed by atoms with E-state index in [0.29, 0.717) is 4.73 Å². The molecule has 0 radical (unpaired) electrons. The molecule has 0 atom stereocenters. The van der Waals surface area contributed by atoms with Crippen LogP contribution in [0.1, 0.15) is 0 Å². The lowest BCUT2D eigenvalue weighted by molar-refractivity contribution is -0.120. The summed E-state index contributed by atoms with van der Waals surface area (Å²) in [5.41, 5.74) is 4.73. The number of halogens is 1. The van der Waals surface area contributed by atoms with Crippen molar-refractivity contribution in [3.8, 4) is 0 Å². The number of rotatable bonds is 2. The van der Waals surface area contributed by atoms with E-state index >= 15 is 0 Å². The molecule has 0 aromatic carbocycles. The zero-order valence-corrected chi connectivity index (χ0v) is 7.98. The van der Waals surface area contributed by atoms with Crippen LogP contribution in [0.25, 0.3) is 0 Å². The van der Waals surface area contributed by atoms with E-state index in [2.05, 4.69) is 26.0 Å². The Morgan fingerprint density at radius 3 is 2.85 bits per heavy atom. The quantitative estimate of drug-likeness (QED) is 0.717. The summed E-state index contributed by atoms with van der Waals surface area (Å²) in [5, 5.41) is 5.66. The fourth-order valence-electron chi connectivity index (χ4n) is 0.672. The Hall–Kier alpha value is -1.44. The third-order valence-corrected chi connectivity index (χ3v) is 1.44.